The van der Waals surface area contributed by atoms with Gasteiger partial charge in [-0.15, -0.1) is 0 Å². The first kappa shape index (κ1) is 16.8. The fourth-order valence-corrected chi connectivity index (χ4v) is 3.09. The van der Waals surface area contributed by atoms with E-state index in [4.69, 9.17) is 16.3 Å². The number of benzene rings is 2. The highest BCUT2D eigenvalue weighted by molar-refractivity contribution is 7.00. The van der Waals surface area contributed by atoms with E-state index in [-0.39, 0.29) is 5.91 Å². The minimum atomic E-state index is -0.674. The highest BCUT2D eigenvalue weighted by Gasteiger charge is 2.27. The number of ether oxygens (including phenoxy) is 1. The Kier molecular flexibility index (Phi) is 4.80. The number of halogens is 1. The van der Waals surface area contributed by atoms with Crippen LogP contribution in [-0.2, 0) is 10.3 Å². The maximum atomic E-state index is 12.4. The lowest BCUT2D eigenvalue weighted by Crippen LogP contribution is -2.40. The summed E-state index contributed by atoms with van der Waals surface area (Å²) >= 11 is 7.19. The second-order valence-electron chi connectivity index (χ2n) is 5.60. The monoisotopic (exact) mass is 361 g/mol. The SMILES string of the molecule is COC(C)(CNC(=O)c1ccc2nsnc2c1)c1cccc(Cl)c1. The zero-order valence-corrected chi connectivity index (χ0v) is 14.8. The van der Waals surface area contributed by atoms with Crippen molar-refractivity contribution in [3.8, 4) is 0 Å². The second-order valence-corrected chi connectivity index (χ2v) is 6.56. The fourth-order valence-electron chi connectivity index (χ4n) is 2.38. The van der Waals surface area contributed by atoms with Crippen molar-refractivity contribution in [3.63, 3.8) is 0 Å². The van der Waals surface area contributed by atoms with Crippen LogP contribution >= 0.6 is 23.3 Å². The van der Waals surface area contributed by atoms with Crippen LogP contribution in [0, 0.1) is 0 Å². The maximum absolute atomic E-state index is 12.4. The number of amides is 1. The predicted molar refractivity (Wildman–Crippen MR) is 95.6 cm³/mol. The lowest BCUT2D eigenvalue weighted by molar-refractivity contribution is 0.00315. The first-order chi connectivity index (χ1) is 11.5. The van der Waals surface area contributed by atoms with E-state index in [1.165, 1.54) is 0 Å². The summed E-state index contributed by atoms with van der Waals surface area (Å²) in [5.41, 5.74) is 2.28. The normalized spacial score (nSPS) is 13.6. The number of carbonyl (C=O) groups excluding carboxylic acids is 1. The molecule has 0 saturated heterocycles. The Labute approximate surface area is 148 Å². The molecule has 0 aliphatic heterocycles. The van der Waals surface area contributed by atoms with Gasteiger partial charge in [0.1, 0.15) is 16.6 Å². The van der Waals surface area contributed by atoms with Crippen molar-refractivity contribution < 1.29 is 9.53 Å². The predicted octanol–water partition coefficient (Wildman–Crippen LogP) is 3.64. The van der Waals surface area contributed by atoms with Crippen molar-refractivity contribution >= 4 is 40.3 Å². The molecule has 0 fully saturated rings. The highest BCUT2D eigenvalue weighted by atomic mass is 35.5. The smallest absolute Gasteiger partial charge is 0.251 e. The summed E-state index contributed by atoms with van der Waals surface area (Å²) in [6.07, 6.45) is 0. The third kappa shape index (κ3) is 3.40. The standard InChI is InChI=1S/C17H16ClN3O2S/c1-17(23-2,12-4-3-5-13(18)9-12)10-19-16(22)11-6-7-14-15(8-11)21-24-20-14/h3-9H,10H2,1-2H3,(H,19,22). The summed E-state index contributed by atoms with van der Waals surface area (Å²) in [5.74, 6) is -0.185. The van der Waals surface area contributed by atoms with Gasteiger partial charge in [0.2, 0.25) is 0 Å². The van der Waals surface area contributed by atoms with Crippen LogP contribution in [0.3, 0.4) is 0 Å². The summed E-state index contributed by atoms with van der Waals surface area (Å²) in [7, 11) is 1.61. The molecule has 3 rings (SSSR count). The molecule has 0 spiro atoms. The zero-order chi connectivity index (χ0) is 17.2. The second kappa shape index (κ2) is 6.84. The van der Waals surface area contributed by atoms with E-state index in [2.05, 4.69) is 14.1 Å². The van der Waals surface area contributed by atoms with Crippen molar-refractivity contribution in [2.24, 2.45) is 0 Å². The summed E-state index contributed by atoms with van der Waals surface area (Å²) in [6.45, 7) is 2.22. The summed E-state index contributed by atoms with van der Waals surface area (Å²) in [4.78, 5) is 12.4. The minimum Gasteiger partial charge on any atom is -0.372 e. The van der Waals surface area contributed by atoms with E-state index in [0.717, 1.165) is 28.3 Å². The molecule has 24 heavy (non-hydrogen) atoms. The van der Waals surface area contributed by atoms with Crippen molar-refractivity contribution in [1.82, 2.24) is 14.1 Å². The molecule has 7 heteroatoms. The number of fused-ring (bicyclic) bond motifs is 1. The Morgan fingerprint density at radius 1 is 1.25 bits per heavy atom. The van der Waals surface area contributed by atoms with Crippen molar-refractivity contribution in [2.75, 3.05) is 13.7 Å². The van der Waals surface area contributed by atoms with Gasteiger partial charge in [-0.05, 0) is 42.8 Å². The van der Waals surface area contributed by atoms with Crippen LogP contribution < -0.4 is 5.32 Å². The lowest BCUT2D eigenvalue weighted by Gasteiger charge is -2.29. The van der Waals surface area contributed by atoms with E-state index in [0.29, 0.717) is 17.1 Å². The molecule has 0 saturated carbocycles. The largest absolute Gasteiger partial charge is 0.372 e. The summed E-state index contributed by atoms with van der Waals surface area (Å²) in [5, 5.41) is 3.54. The molecule has 1 heterocycles. The summed E-state index contributed by atoms with van der Waals surface area (Å²) in [6, 6.07) is 12.7. The third-order valence-electron chi connectivity index (χ3n) is 3.99. The van der Waals surface area contributed by atoms with Crippen LogP contribution in [0.5, 0.6) is 0 Å². The lowest BCUT2D eigenvalue weighted by atomic mass is 9.95. The van der Waals surface area contributed by atoms with Crippen LogP contribution in [0.15, 0.2) is 42.5 Å². The Hall–Kier alpha value is -2.02. The van der Waals surface area contributed by atoms with Crippen LogP contribution in [0.2, 0.25) is 5.02 Å². The molecular formula is C17H16ClN3O2S. The average Bonchev–Trinajstić information content (AvgIpc) is 3.07. The number of hydrogen-bond donors (Lipinski definition) is 1. The number of rotatable bonds is 5. The molecular weight excluding hydrogens is 346 g/mol. The quantitative estimate of drug-likeness (QED) is 0.753. The number of hydrogen-bond acceptors (Lipinski definition) is 5. The molecule has 124 valence electrons. The molecule has 5 nitrogen and oxygen atoms in total. The topological polar surface area (TPSA) is 64.1 Å². The van der Waals surface area contributed by atoms with Crippen molar-refractivity contribution in [1.29, 1.82) is 0 Å². The van der Waals surface area contributed by atoms with E-state index in [1.54, 1.807) is 31.4 Å². The number of methoxy groups -OCH3 is 1. The number of aromatic nitrogens is 2. The van der Waals surface area contributed by atoms with Crippen molar-refractivity contribution in [2.45, 2.75) is 12.5 Å². The number of nitrogens with one attached hydrogen (secondary N) is 1. The Morgan fingerprint density at radius 3 is 2.79 bits per heavy atom. The number of carbonyl (C=O) groups is 1. The van der Waals surface area contributed by atoms with Crippen LogP contribution in [0.1, 0.15) is 22.8 Å². The van der Waals surface area contributed by atoms with Gasteiger partial charge < -0.3 is 10.1 Å². The molecule has 1 aromatic heterocycles. The van der Waals surface area contributed by atoms with Gasteiger partial charge in [-0.1, -0.05) is 23.7 Å². The molecule has 0 radical (unpaired) electrons. The molecule has 0 aliphatic carbocycles. The van der Waals surface area contributed by atoms with Crippen LogP contribution in [0.25, 0.3) is 11.0 Å². The molecule has 1 amide bonds. The van der Waals surface area contributed by atoms with Crippen LogP contribution in [-0.4, -0.2) is 28.3 Å². The molecule has 1 unspecified atom stereocenters. The molecule has 3 aromatic rings. The number of nitrogens with zero attached hydrogens (tertiary/aromatic N) is 2. The van der Waals surface area contributed by atoms with Crippen molar-refractivity contribution in [3.05, 3.63) is 58.6 Å². The summed E-state index contributed by atoms with van der Waals surface area (Å²) < 4.78 is 13.9. The van der Waals surface area contributed by atoms with Gasteiger partial charge in [0.05, 0.1) is 18.3 Å². The van der Waals surface area contributed by atoms with Gasteiger partial charge in [-0.3, -0.25) is 4.79 Å². The average molecular weight is 362 g/mol. The Bertz CT molecular complexity index is 883. The van der Waals surface area contributed by atoms with Gasteiger partial charge in [0, 0.05) is 17.7 Å². The molecule has 1 atom stereocenters. The Morgan fingerprint density at radius 2 is 2.04 bits per heavy atom. The molecule has 0 bridgehead atoms. The fraction of sp³-hybridized carbons (Fsp3) is 0.235. The molecule has 1 N–H and O–H groups in total. The van der Waals surface area contributed by atoms with Gasteiger partial charge in [-0.2, -0.15) is 8.75 Å². The maximum Gasteiger partial charge on any atom is 0.251 e. The van der Waals surface area contributed by atoms with E-state index in [1.807, 2.05) is 25.1 Å². The highest BCUT2D eigenvalue weighted by Crippen LogP contribution is 2.26. The first-order valence-electron chi connectivity index (χ1n) is 7.33. The van der Waals surface area contributed by atoms with Gasteiger partial charge >= 0.3 is 0 Å². The molecule has 2 aromatic carbocycles. The van der Waals surface area contributed by atoms with Crippen LogP contribution in [0.4, 0.5) is 0 Å². The van der Waals surface area contributed by atoms with Gasteiger partial charge in [0.25, 0.3) is 5.91 Å². The minimum absolute atomic E-state index is 0.185. The van der Waals surface area contributed by atoms with Gasteiger partial charge in [0.15, 0.2) is 0 Å². The Balaban J connectivity index is 1.76. The molecule has 0 aliphatic rings. The van der Waals surface area contributed by atoms with E-state index < -0.39 is 5.60 Å². The van der Waals surface area contributed by atoms with E-state index >= 15 is 0 Å². The zero-order valence-electron chi connectivity index (χ0n) is 13.2. The van der Waals surface area contributed by atoms with Gasteiger partial charge in [-0.25, -0.2) is 0 Å². The van der Waals surface area contributed by atoms with E-state index in [9.17, 15) is 4.79 Å². The first-order valence-corrected chi connectivity index (χ1v) is 8.44. The third-order valence-corrected chi connectivity index (χ3v) is 4.78.